The maximum atomic E-state index is 11.8. The van der Waals surface area contributed by atoms with Crippen LogP contribution >= 0.6 is 22.7 Å². The van der Waals surface area contributed by atoms with Crippen molar-refractivity contribution in [2.75, 3.05) is 6.54 Å². The molecule has 2 aromatic rings. The molecule has 0 spiro atoms. The highest BCUT2D eigenvalue weighted by atomic mass is 32.1. The summed E-state index contributed by atoms with van der Waals surface area (Å²) in [5.41, 5.74) is -0.108. The average molecular weight is 297 g/mol. The number of thiazole rings is 2. The first-order chi connectivity index (χ1) is 9.08. The van der Waals surface area contributed by atoms with E-state index in [9.17, 15) is 9.59 Å². The van der Waals surface area contributed by atoms with Crippen molar-refractivity contribution in [3.05, 3.63) is 32.7 Å². The third kappa shape index (κ3) is 3.36. The summed E-state index contributed by atoms with van der Waals surface area (Å²) in [6.07, 6.45) is 1.72. The maximum absolute atomic E-state index is 11.8. The fourth-order valence-corrected chi connectivity index (χ4v) is 2.77. The van der Waals surface area contributed by atoms with Crippen LogP contribution < -0.4 is 5.32 Å². The molecule has 0 radical (unpaired) electrons. The number of nitrogens with zero attached hydrogens (tertiary/aromatic N) is 2. The summed E-state index contributed by atoms with van der Waals surface area (Å²) in [5, 5.41) is 15.8. The van der Waals surface area contributed by atoms with E-state index in [1.165, 1.54) is 16.7 Å². The van der Waals surface area contributed by atoms with Gasteiger partial charge in [0, 0.05) is 29.4 Å². The largest absolute Gasteiger partial charge is 0.476 e. The van der Waals surface area contributed by atoms with Crippen LogP contribution in [-0.2, 0) is 0 Å². The van der Waals surface area contributed by atoms with Gasteiger partial charge in [-0.3, -0.25) is 4.79 Å². The van der Waals surface area contributed by atoms with Gasteiger partial charge in [0.05, 0.1) is 5.01 Å². The minimum Gasteiger partial charge on any atom is -0.476 e. The van der Waals surface area contributed by atoms with Gasteiger partial charge in [-0.15, -0.1) is 22.7 Å². The van der Waals surface area contributed by atoms with E-state index in [0.29, 0.717) is 6.54 Å². The van der Waals surface area contributed by atoms with E-state index >= 15 is 0 Å². The Bertz CT molecular complexity index is 580. The fraction of sp³-hybridized carbons (Fsp3) is 0.273. The lowest BCUT2D eigenvalue weighted by Crippen LogP contribution is -2.27. The number of nitrogens with one attached hydrogen (secondary N) is 1. The number of carboxylic acid groups (broad SMARTS) is 1. The molecule has 1 unspecified atom stereocenters. The van der Waals surface area contributed by atoms with Gasteiger partial charge in [-0.25, -0.2) is 14.8 Å². The molecule has 0 aromatic carbocycles. The summed E-state index contributed by atoms with van der Waals surface area (Å²) in [4.78, 5) is 30.4. The second-order valence-electron chi connectivity index (χ2n) is 3.82. The molecule has 0 bridgehead atoms. The molecule has 2 aromatic heterocycles. The van der Waals surface area contributed by atoms with E-state index in [4.69, 9.17) is 5.11 Å². The van der Waals surface area contributed by atoms with Gasteiger partial charge in [0.15, 0.2) is 10.7 Å². The highest BCUT2D eigenvalue weighted by Crippen LogP contribution is 2.17. The number of aromatic nitrogens is 2. The van der Waals surface area contributed by atoms with Crippen molar-refractivity contribution in [2.45, 2.75) is 12.8 Å². The summed E-state index contributed by atoms with van der Waals surface area (Å²) >= 11 is 2.55. The van der Waals surface area contributed by atoms with Gasteiger partial charge in [0.25, 0.3) is 5.91 Å². The molecule has 1 amide bonds. The minimum absolute atomic E-state index is 0.108. The average Bonchev–Trinajstić information content (AvgIpc) is 3.05. The van der Waals surface area contributed by atoms with Crippen LogP contribution in [-0.4, -0.2) is 33.5 Å². The van der Waals surface area contributed by atoms with Crippen molar-refractivity contribution in [3.8, 4) is 0 Å². The van der Waals surface area contributed by atoms with E-state index in [0.717, 1.165) is 16.3 Å². The second kappa shape index (κ2) is 5.89. The smallest absolute Gasteiger partial charge is 0.355 e. The minimum atomic E-state index is -1.13. The van der Waals surface area contributed by atoms with Crippen LogP contribution in [0.3, 0.4) is 0 Å². The molecule has 0 saturated heterocycles. The quantitative estimate of drug-likeness (QED) is 0.878. The van der Waals surface area contributed by atoms with Crippen LogP contribution in [0, 0.1) is 0 Å². The lowest BCUT2D eigenvalue weighted by atomic mass is 10.2. The molecule has 2 rings (SSSR count). The molecular weight excluding hydrogens is 286 g/mol. The number of carbonyl (C=O) groups excluding carboxylic acids is 1. The Labute approximate surface area is 117 Å². The van der Waals surface area contributed by atoms with Gasteiger partial charge in [-0.1, -0.05) is 6.92 Å². The van der Waals surface area contributed by atoms with Crippen molar-refractivity contribution >= 4 is 34.6 Å². The Morgan fingerprint density at radius 1 is 1.47 bits per heavy atom. The summed E-state index contributed by atoms with van der Waals surface area (Å²) in [6.45, 7) is 2.40. The Hall–Kier alpha value is -1.80. The molecule has 2 heterocycles. The topological polar surface area (TPSA) is 92.2 Å². The highest BCUT2D eigenvalue weighted by Gasteiger charge is 2.16. The molecule has 2 N–H and O–H groups in total. The normalized spacial score (nSPS) is 12.1. The molecular formula is C11H11N3O3S2. The predicted molar refractivity (Wildman–Crippen MR) is 71.9 cm³/mol. The highest BCUT2D eigenvalue weighted by molar-refractivity contribution is 7.11. The van der Waals surface area contributed by atoms with E-state index < -0.39 is 5.97 Å². The lowest BCUT2D eigenvalue weighted by Gasteiger charge is -2.08. The van der Waals surface area contributed by atoms with Crippen LogP contribution in [0.1, 0.15) is 38.1 Å². The Morgan fingerprint density at radius 2 is 2.26 bits per heavy atom. The summed E-state index contributed by atoms with van der Waals surface area (Å²) in [7, 11) is 0. The first-order valence-corrected chi connectivity index (χ1v) is 7.20. The van der Waals surface area contributed by atoms with E-state index in [1.807, 2.05) is 12.3 Å². The van der Waals surface area contributed by atoms with Crippen molar-refractivity contribution in [1.82, 2.24) is 15.3 Å². The third-order valence-corrected chi connectivity index (χ3v) is 4.21. The molecule has 0 aliphatic heterocycles. The number of hydrogen-bond donors (Lipinski definition) is 2. The molecule has 8 heteroatoms. The number of carbonyl (C=O) groups is 2. The Morgan fingerprint density at radius 3 is 2.84 bits per heavy atom. The molecule has 100 valence electrons. The molecule has 1 atom stereocenters. The summed E-state index contributed by atoms with van der Waals surface area (Å²) < 4.78 is 0. The standard InChI is InChI=1S/C11H11N3O3S2/c1-6(9-12-2-3-18-9)4-13-8(15)10-14-7(5-19-10)11(16)17/h2-3,5-6H,4H2,1H3,(H,13,15)(H,16,17). The number of amides is 1. The van der Waals surface area contributed by atoms with Crippen LogP contribution in [0.5, 0.6) is 0 Å². The van der Waals surface area contributed by atoms with Crippen LogP contribution in [0.2, 0.25) is 0 Å². The van der Waals surface area contributed by atoms with Crippen LogP contribution in [0.15, 0.2) is 17.0 Å². The maximum Gasteiger partial charge on any atom is 0.355 e. The van der Waals surface area contributed by atoms with Crippen molar-refractivity contribution in [2.24, 2.45) is 0 Å². The molecule has 6 nitrogen and oxygen atoms in total. The SMILES string of the molecule is CC(CNC(=O)c1nc(C(=O)O)cs1)c1nccs1. The molecule has 0 aliphatic carbocycles. The van der Waals surface area contributed by atoms with Crippen molar-refractivity contribution in [3.63, 3.8) is 0 Å². The summed E-state index contributed by atoms with van der Waals surface area (Å²) in [5.74, 6) is -1.38. The summed E-state index contributed by atoms with van der Waals surface area (Å²) in [6, 6.07) is 0. The monoisotopic (exact) mass is 297 g/mol. The Balaban J connectivity index is 1.92. The van der Waals surface area contributed by atoms with Crippen molar-refractivity contribution in [1.29, 1.82) is 0 Å². The van der Waals surface area contributed by atoms with Gasteiger partial charge >= 0.3 is 5.97 Å². The van der Waals surface area contributed by atoms with Crippen molar-refractivity contribution < 1.29 is 14.7 Å². The molecule has 0 fully saturated rings. The number of aromatic carboxylic acids is 1. The van der Waals surface area contributed by atoms with Gasteiger partial charge in [0.2, 0.25) is 0 Å². The zero-order valence-electron chi connectivity index (χ0n) is 9.99. The predicted octanol–water partition coefficient (Wildman–Crippen LogP) is 1.83. The molecule has 0 saturated carbocycles. The van der Waals surface area contributed by atoms with Crippen LogP contribution in [0.25, 0.3) is 0 Å². The number of rotatable bonds is 5. The van der Waals surface area contributed by atoms with Gasteiger partial charge < -0.3 is 10.4 Å². The lowest BCUT2D eigenvalue weighted by molar-refractivity contribution is 0.0691. The van der Waals surface area contributed by atoms with Gasteiger partial charge in [0.1, 0.15) is 0 Å². The van der Waals surface area contributed by atoms with E-state index in [-0.39, 0.29) is 22.5 Å². The molecule has 19 heavy (non-hydrogen) atoms. The fourth-order valence-electron chi connectivity index (χ4n) is 1.36. The second-order valence-corrected chi connectivity index (χ2v) is 5.61. The van der Waals surface area contributed by atoms with Crippen LogP contribution in [0.4, 0.5) is 0 Å². The van der Waals surface area contributed by atoms with Gasteiger partial charge in [-0.2, -0.15) is 0 Å². The zero-order chi connectivity index (χ0) is 13.8. The molecule has 0 aliphatic rings. The number of hydrogen-bond acceptors (Lipinski definition) is 6. The first kappa shape index (κ1) is 13.6. The van der Waals surface area contributed by atoms with Gasteiger partial charge in [-0.05, 0) is 0 Å². The van der Waals surface area contributed by atoms with E-state index in [1.54, 1.807) is 6.20 Å². The Kier molecular flexibility index (Phi) is 4.23. The zero-order valence-corrected chi connectivity index (χ0v) is 11.6. The van der Waals surface area contributed by atoms with E-state index in [2.05, 4.69) is 15.3 Å². The third-order valence-electron chi connectivity index (χ3n) is 2.36. The number of carboxylic acids is 1. The first-order valence-electron chi connectivity index (χ1n) is 5.44.